The Morgan fingerprint density at radius 3 is 2.53 bits per heavy atom. The largest absolute Gasteiger partial charge is 0.387 e. The van der Waals surface area contributed by atoms with Crippen molar-refractivity contribution in [2.75, 3.05) is 0 Å². The molecule has 4 nitrogen and oxygen atoms in total. The summed E-state index contributed by atoms with van der Waals surface area (Å²) in [6.45, 7) is -0.197. The van der Waals surface area contributed by atoms with Crippen LogP contribution >= 0.6 is 0 Å². The van der Waals surface area contributed by atoms with Crippen LogP contribution in [-0.4, -0.2) is 15.2 Å². The van der Waals surface area contributed by atoms with E-state index in [2.05, 4.69) is 22.3 Å². The van der Waals surface area contributed by atoms with Crippen molar-refractivity contribution in [2.24, 2.45) is 0 Å². The summed E-state index contributed by atoms with van der Waals surface area (Å²) in [5.41, 5.74) is 1.13. The summed E-state index contributed by atoms with van der Waals surface area (Å²) in [4.78, 5) is 4.27. The lowest BCUT2D eigenvalue weighted by Gasteiger charge is -2.39. The van der Waals surface area contributed by atoms with Gasteiger partial charge in [-0.1, -0.05) is 41.9 Å². The van der Waals surface area contributed by atoms with Crippen molar-refractivity contribution in [2.45, 2.75) is 31.3 Å². The minimum absolute atomic E-state index is 0.0990. The Hall–Kier alpha value is -1.68. The topological polar surface area (TPSA) is 59.2 Å². The van der Waals surface area contributed by atoms with E-state index in [1.165, 1.54) is 12.0 Å². The van der Waals surface area contributed by atoms with Crippen molar-refractivity contribution < 1.29 is 9.63 Å². The maximum atomic E-state index is 8.98. The van der Waals surface area contributed by atoms with E-state index in [1.54, 1.807) is 0 Å². The number of aliphatic hydroxyl groups excluding tert-OH is 1. The van der Waals surface area contributed by atoms with Crippen molar-refractivity contribution >= 4 is 0 Å². The third kappa shape index (κ3) is 1.56. The van der Waals surface area contributed by atoms with Gasteiger partial charge in [-0.3, -0.25) is 0 Å². The molecule has 3 rings (SSSR count). The van der Waals surface area contributed by atoms with Gasteiger partial charge in [0.25, 0.3) is 5.89 Å². The molecule has 1 aromatic heterocycles. The first kappa shape index (κ1) is 10.5. The molecule has 88 valence electrons. The molecule has 17 heavy (non-hydrogen) atoms. The van der Waals surface area contributed by atoms with Crippen molar-refractivity contribution in [3.63, 3.8) is 0 Å². The van der Waals surface area contributed by atoms with Gasteiger partial charge >= 0.3 is 0 Å². The van der Waals surface area contributed by atoms with Crippen LogP contribution in [0.1, 0.15) is 36.5 Å². The number of rotatable bonds is 3. The average molecular weight is 230 g/mol. The summed E-state index contributed by atoms with van der Waals surface area (Å²) in [5, 5.41) is 13.0. The molecule has 0 amide bonds. The minimum atomic E-state index is -0.197. The van der Waals surface area contributed by atoms with E-state index in [1.807, 2.05) is 18.2 Å². The molecule has 0 atom stereocenters. The molecule has 2 aromatic rings. The number of aromatic nitrogens is 2. The SMILES string of the molecule is OCc1nc(C2(c3ccccc3)CCC2)no1. The fourth-order valence-electron chi connectivity index (χ4n) is 2.44. The van der Waals surface area contributed by atoms with E-state index in [-0.39, 0.29) is 12.0 Å². The highest BCUT2D eigenvalue weighted by Gasteiger charge is 2.44. The molecule has 0 radical (unpaired) electrons. The molecule has 0 bridgehead atoms. The van der Waals surface area contributed by atoms with Crippen LogP contribution in [0.25, 0.3) is 0 Å². The van der Waals surface area contributed by atoms with Gasteiger partial charge in [0.2, 0.25) is 0 Å². The standard InChI is InChI=1S/C13H14N2O2/c16-9-11-14-12(15-17-11)13(7-4-8-13)10-5-2-1-3-6-10/h1-3,5-6,16H,4,7-9H2. The third-order valence-corrected chi connectivity index (χ3v) is 3.56. The summed E-state index contributed by atoms with van der Waals surface area (Å²) in [6, 6.07) is 10.3. The summed E-state index contributed by atoms with van der Waals surface area (Å²) in [7, 11) is 0. The van der Waals surface area contributed by atoms with Gasteiger partial charge in [-0.05, 0) is 18.4 Å². The minimum Gasteiger partial charge on any atom is -0.387 e. The van der Waals surface area contributed by atoms with E-state index in [9.17, 15) is 0 Å². The Morgan fingerprint density at radius 1 is 1.24 bits per heavy atom. The van der Waals surface area contributed by atoms with E-state index in [0.29, 0.717) is 11.7 Å². The molecule has 4 heteroatoms. The van der Waals surface area contributed by atoms with Gasteiger partial charge in [0.15, 0.2) is 5.82 Å². The first-order chi connectivity index (χ1) is 8.35. The van der Waals surface area contributed by atoms with Crippen LogP contribution in [0.5, 0.6) is 0 Å². The molecular weight excluding hydrogens is 216 g/mol. The van der Waals surface area contributed by atoms with Crippen LogP contribution in [-0.2, 0) is 12.0 Å². The number of aliphatic hydroxyl groups is 1. The first-order valence-corrected chi connectivity index (χ1v) is 5.85. The van der Waals surface area contributed by atoms with Crippen molar-refractivity contribution in [1.82, 2.24) is 10.1 Å². The summed E-state index contributed by atoms with van der Waals surface area (Å²) >= 11 is 0. The summed E-state index contributed by atoms with van der Waals surface area (Å²) in [6.07, 6.45) is 3.26. The van der Waals surface area contributed by atoms with Crippen LogP contribution < -0.4 is 0 Å². The van der Waals surface area contributed by atoms with Gasteiger partial charge < -0.3 is 9.63 Å². The van der Waals surface area contributed by atoms with Crippen LogP contribution in [0.2, 0.25) is 0 Å². The highest BCUT2D eigenvalue weighted by atomic mass is 16.5. The molecule has 1 aromatic carbocycles. The molecule has 1 N–H and O–H groups in total. The molecule has 1 aliphatic rings. The lowest BCUT2D eigenvalue weighted by Crippen LogP contribution is -2.36. The molecule has 0 spiro atoms. The predicted molar refractivity (Wildman–Crippen MR) is 61.3 cm³/mol. The molecule has 0 unspecified atom stereocenters. The van der Waals surface area contributed by atoms with E-state index in [4.69, 9.17) is 9.63 Å². The van der Waals surface area contributed by atoms with Crippen molar-refractivity contribution in [3.05, 3.63) is 47.6 Å². The Labute approximate surface area is 99.3 Å². The fraction of sp³-hybridized carbons (Fsp3) is 0.385. The van der Waals surface area contributed by atoms with Gasteiger partial charge in [-0.15, -0.1) is 0 Å². The molecule has 1 heterocycles. The molecular formula is C13H14N2O2. The number of benzene rings is 1. The van der Waals surface area contributed by atoms with Crippen LogP contribution in [0.3, 0.4) is 0 Å². The second kappa shape index (κ2) is 3.96. The molecule has 1 fully saturated rings. The van der Waals surface area contributed by atoms with Gasteiger partial charge in [-0.25, -0.2) is 0 Å². The van der Waals surface area contributed by atoms with E-state index in [0.717, 1.165) is 12.8 Å². The number of hydrogen-bond donors (Lipinski definition) is 1. The summed E-state index contributed by atoms with van der Waals surface area (Å²) in [5.74, 6) is 1.00. The normalized spacial score (nSPS) is 17.7. The first-order valence-electron chi connectivity index (χ1n) is 5.85. The Kier molecular flexibility index (Phi) is 2.44. The second-order valence-electron chi connectivity index (χ2n) is 4.47. The lowest BCUT2D eigenvalue weighted by atomic mass is 9.64. The van der Waals surface area contributed by atoms with Crippen LogP contribution in [0.4, 0.5) is 0 Å². The van der Waals surface area contributed by atoms with Gasteiger partial charge in [-0.2, -0.15) is 4.98 Å². The van der Waals surface area contributed by atoms with Crippen molar-refractivity contribution in [1.29, 1.82) is 0 Å². The van der Waals surface area contributed by atoms with Crippen LogP contribution in [0, 0.1) is 0 Å². The third-order valence-electron chi connectivity index (χ3n) is 3.56. The van der Waals surface area contributed by atoms with Crippen LogP contribution in [0.15, 0.2) is 34.9 Å². The molecule has 1 saturated carbocycles. The van der Waals surface area contributed by atoms with E-state index >= 15 is 0 Å². The molecule has 0 aliphatic heterocycles. The number of nitrogens with zero attached hydrogens (tertiary/aromatic N) is 2. The number of hydrogen-bond acceptors (Lipinski definition) is 4. The quantitative estimate of drug-likeness (QED) is 0.876. The Balaban J connectivity index is 2.02. The fourth-order valence-corrected chi connectivity index (χ4v) is 2.44. The van der Waals surface area contributed by atoms with Crippen molar-refractivity contribution in [3.8, 4) is 0 Å². The maximum Gasteiger partial charge on any atom is 0.252 e. The summed E-state index contributed by atoms with van der Waals surface area (Å²) < 4.78 is 5.01. The van der Waals surface area contributed by atoms with E-state index < -0.39 is 0 Å². The monoisotopic (exact) mass is 230 g/mol. The zero-order chi connectivity index (χ0) is 11.7. The Morgan fingerprint density at radius 2 is 2.00 bits per heavy atom. The van der Waals surface area contributed by atoms with Gasteiger partial charge in [0.1, 0.15) is 6.61 Å². The Bertz CT molecular complexity index is 503. The lowest BCUT2D eigenvalue weighted by molar-refractivity contribution is 0.220. The predicted octanol–water partition coefficient (Wildman–Crippen LogP) is 2.03. The van der Waals surface area contributed by atoms with Gasteiger partial charge in [0, 0.05) is 0 Å². The highest BCUT2D eigenvalue weighted by molar-refractivity contribution is 5.35. The zero-order valence-electron chi connectivity index (χ0n) is 9.47. The highest BCUT2D eigenvalue weighted by Crippen LogP contribution is 2.47. The maximum absolute atomic E-state index is 8.98. The second-order valence-corrected chi connectivity index (χ2v) is 4.47. The zero-order valence-corrected chi connectivity index (χ0v) is 9.47. The average Bonchev–Trinajstić information content (AvgIpc) is 2.78. The molecule has 0 saturated heterocycles. The molecule has 1 aliphatic carbocycles. The van der Waals surface area contributed by atoms with Gasteiger partial charge in [0.05, 0.1) is 5.41 Å². The smallest absolute Gasteiger partial charge is 0.252 e.